The predicted molar refractivity (Wildman–Crippen MR) is 105 cm³/mol. The summed E-state index contributed by atoms with van der Waals surface area (Å²) in [6.45, 7) is 12.2. The van der Waals surface area contributed by atoms with E-state index < -0.39 is 0 Å². The van der Waals surface area contributed by atoms with Gasteiger partial charge in [-0.1, -0.05) is 13.8 Å². The highest BCUT2D eigenvalue weighted by Crippen LogP contribution is 2.32. The topological polar surface area (TPSA) is 65.7 Å². The van der Waals surface area contributed by atoms with E-state index in [0.717, 1.165) is 46.7 Å². The lowest BCUT2D eigenvalue weighted by Crippen LogP contribution is -2.13. The van der Waals surface area contributed by atoms with E-state index in [9.17, 15) is 9.59 Å². The number of nitrogens with one attached hydrogen (secondary N) is 2. The summed E-state index contributed by atoms with van der Waals surface area (Å²) < 4.78 is 0. The number of rotatable bonds is 4. The van der Waals surface area contributed by atoms with E-state index in [1.165, 1.54) is 23.3 Å². The van der Waals surface area contributed by atoms with Gasteiger partial charge in [-0.05, 0) is 74.9 Å². The smallest absolute Gasteiger partial charge is 0.188 e. The van der Waals surface area contributed by atoms with Gasteiger partial charge in [0, 0.05) is 22.5 Å². The van der Waals surface area contributed by atoms with Crippen molar-refractivity contribution in [1.82, 2.24) is 9.97 Å². The van der Waals surface area contributed by atoms with Crippen molar-refractivity contribution in [2.45, 2.75) is 54.4 Å². The Morgan fingerprint density at radius 1 is 0.692 bits per heavy atom. The summed E-state index contributed by atoms with van der Waals surface area (Å²) in [5, 5.41) is 0. The molecule has 4 nitrogen and oxygen atoms in total. The minimum absolute atomic E-state index is 0.128. The molecular weight excluding hydrogens is 324 g/mol. The average Bonchev–Trinajstić information content (AvgIpc) is 3.04. The third kappa shape index (κ3) is 2.70. The number of H-pyrrole nitrogens is 2. The lowest BCUT2D eigenvalue weighted by atomic mass is 9.90. The fourth-order valence-electron chi connectivity index (χ4n) is 4.13. The van der Waals surface area contributed by atoms with Gasteiger partial charge in [-0.15, -0.1) is 0 Å². The van der Waals surface area contributed by atoms with E-state index in [2.05, 4.69) is 23.8 Å². The molecule has 136 valence electrons. The van der Waals surface area contributed by atoms with Gasteiger partial charge in [-0.3, -0.25) is 9.59 Å². The zero-order valence-electron chi connectivity index (χ0n) is 16.4. The highest BCUT2D eigenvalue weighted by atomic mass is 16.1. The molecule has 0 bridgehead atoms. The number of aromatic nitrogens is 2. The molecule has 2 N–H and O–H groups in total. The van der Waals surface area contributed by atoms with E-state index in [4.69, 9.17) is 0 Å². The molecule has 0 saturated carbocycles. The van der Waals surface area contributed by atoms with Gasteiger partial charge >= 0.3 is 0 Å². The molecule has 2 aromatic heterocycles. The zero-order valence-corrected chi connectivity index (χ0v) is 16.4. The fraction of sp³-hybridized carbons (Fsp3) is 0.364. The van der Waals surface area contributed by atoms with Crippen LogP contribution in [0.25, 0.3) is 11.1 Å². The summed E-state index contributed by atoms with van der Waals surface area (Å²) in [4.78, 5) is 32.2. The molecular formula is C22H26N2O2. The van der Waals surface area contributed by atoms with E-state index in [0.29, 0.717) is 11.1 Å². The maximum absolute atomic E-state index is 12.8. The Bertz CT molecular complexity index is 900. The first-order valence-electron chi connectivity index (χ1n) is 9.18. The van der Waals surface area contributed by atoms with Crippen LogP contribution in [0.15, 0.2) is 12.2 Å². The van der Waals surface area contributed by atoms with Crippen LogP contribution in [0.4, 0.5) is 0 Å². The Morgan fingerprint density at radius 3 is 1.31 bits per heavy atom. The van der Waals surface area contributed by atoms with Gasteiger partial charge in [0.05, 0.1) is 11.4 Å². The molecule has 0 aliphatic heterocycles. The number of carbonyl (C=O) groups excluding carboxylic acids is 2. The van der Waals surface area contributed by atoms with Crippen LogP contribution in [-0.2, 0) is 22.4 Å². The molecule has 1 aliphatic rings. The SMILES string of the molecule is CCc1c(C)[nH]c(C2=CC(=O)C(c3[nH]c(C)c(CC)c3C)=CC2=O)c1C. The van der Waals surface area contributed by atoms with Gasteiger partial charge in [0.25, 0.3) is 0 Å². The lowest BCUT2D eigenvalue weighted by Gasteiger charge is -2.13. The van der Waals surface area contributed by atoms with Crippen molar-refractivity contribution < 1.29 is 9.59 Å². The standard InChI is InChI=1S/C22H26N2O2/c1-7-15-11(3)21(23-13(15)5)17-9-20(26)18(10-19(17)25)22-12(4)16(8-2)14(6)24-22/h9-10,23-24H,7-8H2,1-6H3. The Kier molecular flexibility index (Phi) is 4.61. The molecule has 1 aliphatic carbocycles. The maximum Gasteiger partial charge on any atom is 0.188 e. The van der Waals surface area contributed by atoms with Crippen molar-refractivity contribution in [3.8, 4) is 0 Å². The molecule has 0 saturated heterocycles. The van der Waals surface area contributed by atoms with Crippen molar-refractivity contribution in [1.29, 1.82) is 0 Å². The van der Waals surface area contributed by atoms with Gasteiger partial charge in [0.2, 0.25) is 0 Å². The zero-order chi connectivity index (χ0) is 19.2. The highest BCUT2D eigenvalue weighted by molar-refractivity contribution is 6.43. The van der Waals surface area contributed by atoms with Crippen molar-refractivity contribution in [2.24, 2.45) is 0 Å². The molecule has 0 radical (unpaired) electrons. The minimum atomic E-state index is -0.128. The molecule has 2 heterocycles. The lowest BCUT2D eigenvalue weighted by molar-refractivity contribution is -0.112. The number of ketones is 2. The summed E-state index contributed by atoms with van der Waals surface area (Å²) >= 11 is 0. The van der Waals surface area contributed by atoms with Crippen molar-refractivity contribution in [3.05, 3.63) is 57.2 Å². The normalized spacial score (nSPS) is 14.7. The highest BCUT2D eigenvalue weighted by Gasteiger charge is 2.27. The Balaban J connectivity index is 2.05. The quantitative estimate of drug-likeness (QED) is 0.807. The van der Waals surface area contributed by atoms with Gasteiger partial charge in [-0.2, -0.15) is 0 Å². The van der Waals surface area contributed by atoms with Crippen molar-refractivity contribution in [2.75, 3.05) is 0 Å². The minimum Gasteiger partial charge on any atom is -0.358 e. The second-order valence-corrected chi connectivity index (χ2v) is 7.01. The van der Waals surface area contributed by atoms with Gasteiger partial charge < -0.3 is 9.97 Å². The van der Waals surface area contributed by atoms with Gasteiger partial charge in [0.1, 0.15) is 0 Å². The molecule has 0 amide bonds. The Morgan fingerprint density at radius 2 is 1.04 bits per heavy atom. The number of aryl methyl sites for hydroxylation is 2. The first-order valence-corrected chi connectivity index (χ1v) is 9.18. The van der Waals surface area contributed by atoms with Crippen molar-refractivity contribution in [3.63, 3.8) is 0 Å². The Labute approximate surface area is 154 Å². The molecule has 0 unspecified atom stereocenters. The predicted octanol–water partition coefficient (Wildman–Crippen LogP) is 4.32. The fourth-order valence-corrected chi connectivity index (χ4v) is 4.13. The van der Waals surface area contributed by atoms with Gasteiger partial charge in [-0.25, -0.2) is 0 Å². The molecule has 2 aromatic rings. The first kappa shape index (κ1) is 18.2. The van der Waals surface area contributed by atoms with E-state index >= 15 is 0 Å². The van der Waals surface area contributed by atoms with E-state index in [1.54, 1.807) is 0 Å². The number of hydrogen-bond acceptors (Lipinski definition) is 2. The average molecular weight is 350 g/mol. The van der Waals surface area contributed by atoms with Crippen LogP contribution in [0.2, 0.25) is 0 Å². The third-order valence-electron chi connectivity index (χ3n) is 5.51. The third-order valence-corrected chi connectivity index (χ3v) is 5.51. The van der Waals surface area contributed by atoms with Crippen LogP contribution in [0.5, 0.6) is 0 Å². The number of allylic oxidation sites excluding steroid dienone is 4. The molecule has 26 heavy (non-hydrogen) atoms. The molecule has 0 atom stereocenters. The Hall–Kier alpha value is -2.62. The van der Waals surface area contributed by atoms with Gasteiger partial charge in [0.15, 0.2) is 11.6 Å². The number of carbonyl (C=O) groups is 2. The summed E-state index contributed by atoms with van der Waals surface area (Å²) in [5.74, 6) is -0.257. The number of aromatic amines is 2. The molecule has 3 rings (SSSR count). The molecule has 0 fully saturated rings. The monoisotopic (exact) mass is 350 g/mol. The van der Waals surface area contributed by atoms with Crippen LogP contribution in [0, 0.1) is 27.7 Å². The molecule has 4 heteroatoms. The van der Waals surface area contributed by atoms with E-state index in [-0.39, 0.29) is 11.6 Å². The first-order chi connectivity index (χ1) is 12.3. The van der Waals surface area contributed by atoms with Crippen molar-refractivity contribution >= 4 is 22.7 Å². The van der Waals surface area contributed by atoms with E-state index in [1.807, 2.05) is 27.7 Å². The largest absolute Gasteiger partial charge is 0.358 e. The summed E-state index contributed by atoms with van der Waals surface area (Å²) in [5.41, 5.74) is 9.07. The summed E-state index contributed by atoms with van der Waals surface area (Å²) in [6.07, 6.45) is 4.75. The number of hydrogen-bond donors (Lipinski definition) is 2. The second kappa shape index (κ2) is 6.60. The van der Waals surface area contributed by atoms with Crippen LogP contribution in [-0.4, -0.2) is 21.5 Å². The maximum atomic E-state index is 12.8. The summed E-state index contributed by atoms with van der Waals surface area (Å²) in [7, 11) is 0. The van der Waals surface area contributed by atoms with Crippen LogP contribution in [0.1, 0.15) is 58.9 Å². The second-order valence-electron chi connectivity index (χ2n) is 7.01. The summed E-state index contributed by atoms with van der Waals surface area (Å²) in [6, 6.07) is 0. The van der Waals surface area contributed by atoms with Crippen LogP contribution in [0.3, 0.4) is 0 Å². The van der Waals surface area contributed by atoms with Crippen LogP contribution >= 0.6 is 0 Å². The van der Waals surface area contributed by atoms with Crippen LogP contribution < -0.4 is 0 Å². The molecule has 0 spiro atoms. The molecule has 0 aromatic carbocycles.